The SMILES string of the molecule is N#Cc1ncn(CC(=O)c2cccc(C(F)(F)F)c2)n1. The molecule has 0 radical (unpaired) electrons. The van der Waals surface area contributed by atoms with Crippen molar-refractivity contribution in [1.29, 1.82) is 5.26 Å². The lowest BCUT2D eigenvalue weighted by Crippen LogP contribution is -2.13. The van der Waals surface area contributed by atoms with Gasteiger partial charge in [0, 0.05) is 5.56 Å². The summed E-state index contributed by atoms with van der Waals surface area (Å²) in [5.41, 5.74) is -0.964. The third-order valence-corrected chi connectivity index (χ3v) is 2.45. The summed E-state index contributed by atoms with van der Waals surface area (Å²) in [6, 6.07) is 5.81. The van der Waals surface area contributed by atoms with Gasteiger partial charge in [0.1, 0.15) is 18.9 Å². The first kappa shape index (κ1) is 13.7. The lowest BCUT2D eigenvalue weighted by Gasteiger charge is -2.08. The minimum Gasteiger partial charge on any atom is -0.292 e. The molecule has 8 heteroatoms. The van der Waals surface area contributed by atoms with E-state index in [-0.39, 0.29) is 17.9 Å². The molecule has 0 N–H and O–H groups in total. The number of ketones is 1. The highest BCUT2D eigenvalue weighted by Crippen LogP contribution is 2.29. The maximum absolute atomic E-state index is 12.5. The number of rotatable bonds is 3. The molecule has 0 bridgehead atoms. The van der Waals surface area contributed by atoms with Crippen molar-refractivity contribution in [3.63, 3.8) is 0 Å². The van der Waals surface area contributed by atoms with Gasteiger partial charge in [0.25, 0.3) is 5.82 Å². The van der Waals surface area contributed by atoms with Gasteiger partial charge in [-0.2, -0.15) is 18.4 Å². The normalized spacial score (nSPS) is 11.1. The predicted octanol–water partition coefficient (Wildman–Crippen LogP) is 2.05. The molecular weight excluding hydrogens is 273 g/mol. The Morgan fingerprint density at radius 2 is 2.15 bits per heavy atom. The van der Waals surface area contributed by atoms with E-state index in [0.29, 0.717) is 0 Å². The molecule has 0 atom stereocenters. The minimum absolute atomic E-state index is 0.0752. The van der Waals surface area contributed by atoms with Crippen LogP contribution in [-0.2, 0) is 12.7 Å². The molecule has 0 spiro atoms. The highest BCUT2D eigenvalue weighted by atomic mass is 19.4. The van der Waals surface area contributed by atoms with Crippen LogP contribution in [-0.4, -0.2) is 20.5 Å². The molecule has 5 nitrogen and oxygen atoms in total. The molecule has 1 aromatic heterocycles. The predicted molar refractivity (Wildman–Crippen MR) is 60.5 cm³/mol. The molecule has 1 heterocycles. The van der Waals surface area contributed by atoms with Crippen molar-refractivity contribution in [1.82, 2.24) is 14.8 Å². The Labute approximate surface area is 111 Å². The summed E-state index contributed by atoms with van der Waals surface area (Å²) in [5, 5.41) is 12.2. The zero-order valence-corrected chi connectivity index (χ0v) is 9.92. The second kappa shape index (κ2) is 5.13. The summed E-state index contributed by atoms with van der Waals surface area (Å²) in [6.07, 6.45) is -3.33. The molecule has 0 aliphatic rings. The Kier molecular flexibility index (Phi) is 3.52. The number of hydrogen-bond donors (Lipinski definition) is 0. The molecule has 0 saturated heterocycles. The highest BCUT2D eigenvalue weighted by molar-refractivity contribution is 5.96. The lowest BCUT2D eigenvalue weighted by molar-refractivity contribution is -0.137. The fraction of sp³-hybridized carbons (Fsp3) is 0.167. The van der Waals surface area contributed by atoms with E-state index in [2.05, 4.69) is 10.1 Å². The average molecular weight is 280 g/mol. The summed E-state index contributed by atoms with van der Waals surface area (Å²) in [4.78, 5) is 15.4. The third kappa shape index (κ3) is 3.00. The maximum atomic E-state index is 12.5. The Balaban J connectivity index is 2.19. The van der Waals surface area contributed by atoms with Crippen molar-refractivity contribution in [3.8, 4) is 6.07 Å². The first-order chi connectivity index (χ1) is 9.40. The van der Waals surface area contributed by atoms with Crippen LogP contribution in [0.15, 0.2) is 30.6 Å². The van der Waals surface area contributed by atoms with E-state index < -0.39 is 17.5 Å². The van der Waals surface area contributed by atoms with Crippen molar-refractivity contribution in [3.05, 3.63) is 47.5 Å². The minimum atomic E-state index is -4.50. The van der Waals surface area contributed by atoms with Gasteiger partial charge in [0.05, 0.1) is 5.56 Å². The van der Waals surface area contributed by atoms with E-state index in [1.165, 1.54) is 12.4 Å². The lowest BCUT2D eigenvalue weighted by atomic mass is 10.1. The Morgan fingerprint density at radius 1 is 1.40 bits per heavy atom. The van der Waals surface area contributed by atoms with E-state index in [9.17, 15) is 18.0 Å². The summed E-state index contributed by atoms with van der Waals surface area (Å²) < 4.78 is 38.7. The van der Waals surface area contributed by atoms with Crippen LogP contribution in [0.1, 0.15) is 21.7 Å². The quantitative estimate of drug-likeness (QED) is 0.807. The van der Waals surface area contributed by atoms with Crippen molar-refractivity contribution in [2.45, 2.75) is 12.7 Å². The van der Waals surface area contributed by atoms with E-state index in [4.69, 9.17) is 5.26 Å². The number of nitrogens with zero attached hydrogens (tertiary/aromatic N) is 4. The van der Waals surface area contributed by atoms with Crippen molar-refractivity contribution in [2.75, 3.05) is 0 Å². The van der Waals surface area contributed by atoms with E-state index in [1.807, 2.05) is 0 Å². The van der Waals surface area contributed by atoms with Gasteiger partial charge in [-0.05, 0) is 12.1 Å². The van der Waals surface area contributed by atoms with Gasteiger partial charge in [-0.1, -0.05) is 12.1 Å². The monoisotopic (exact) mass is 280 g/mol. The topological polar surface area (TPSA) is 71.6 Å². The van der Waals surface area contributed by atoms with Crippen LogP contribution in [0.2, 0.25) is 0 Å². The summed E-state index contributed by atoms with van der Waals surface area (Å²) >= 11 is 0. The molecule has 2 rings (SSSR count). The second-order valence-corrected chi connectivity index (χ2v) is 3.88. The van der Waals surface area contributed by atoms with Gasteiger partial charge in [-0.3, -0.25) is 4.79 Å². The number of alkyl halides is 3. The molecule has 1 aromatic carbocycles. The Hall–Kier alpha value is -2.69. The summed E-state index contributed by atoms with van der Waals surface area (Å²) in [7, 11) is 0. The first-order valence-corrected chi connectivity index (χ1v) is 5.40. The first-order valence-electron chi connectivity index (χ1n) is 5.40. The van der Waals surface area contributed by atoms with Crippen LogP contribution in [0.3, 0.4) is 0 Å². The van der Waals surface area contributed by atoms with Crippen LogP contribution in [0.25, 0.3) is 0 Å². The fourth-order valence-electron chi connectivity index (χ4n) is 1.53. The van der Waals surface area contributed by atoms with Gasteiger partial charge >= 0.3 is 6.18 Å². The van der Waals surface area contributed by atoms with Crippen LogP contribution in [0.4, 0.5) is 13.2 Å². The highest BCUT2D eigenvalue weighted by Gasteiger charge is 2.30. The zero-order chi connectivity index (χ0) is 14.8. The van der Waals surface area contributed by atoms with Gasteiger partial charge in [-0.25, -0.2) is 9.67 Å². The number of hydrogen-bond acceptors (Lipinski definition) is 4. The molecule has 0 saturated carbocycles. The van der Waals surface area contributed by atoms with E-state index in [0.717, 1.165) is 22.9 Å². The molecular formula is C12H7F3N4O. The number of carbonyl (C=O) groups is 1. The van der Waals surface area contributed by atoms with Crippen molar-refractivity contribution in [2.24, 2.45) is 0 Å². The standard InChI is InChI=1S/C12H7F3N4O/c13-12(14,15)9-3-1-2-8(4-9)10(20)6-19-7-17-11(5-16)18-19/h1-4,7H,6H2. The number of nitriles is 1. The molecule has 0 unspecified atom stereocenters. The number of aromatic nitrogens is 3. The Bertz CT molecular complexity index is 684. The third-order valence-electron chi connectivity index (χ3n) is 2.45. The molecule has 20 heavy (non-hydrogen) atoms. The molecule has 0 aliphatic heterocycles. The van der Waals surface area contributed by atoms with Crippen LogP contribution >= 0.6 is 0 Å². The maximum Gasteiger partial charge on any atom is 0.416 e. The van der Waals surface area contributed by atoms with Crippen LogP contribution < -0.4 is 0 Å². The smallest absolute Gasteiger partial charge is 0.292 e. The number of benzene rings is 1. The molecule has 0 fully saturated rings. The summed E-state index contributed by atoms with van der Waals surface area (Å²) in [5.74, 6) is -0.660. The van der Waals surface area contributed by atoms with Crippen LogP contribution in [0, 0.1) is 11.3 Å². The Morgan fingerprint density at radius 3 is 2.75 bits per heavy atom. The van der Waals surface area contributed by atoms with E-state index in [1.54, 1.807) is 6.07 Å². The van der Waals surface area contributed by atoms with Crippen LogP contribution in [0.5, 0.6) is 0 Å². The van der Waals surface area contributed by atoms with Gasteiger partial charge in [0.2, 0.25) is 0 Å². The average Bonchev–Trinajstić information content (AvgIpc) is 2.85. The van der Waals surface area contributed by atoms with E-state index >= 15 is 0 Å². The largest absolute Gasteiger partial charge is 0.416 e. The van der Waals surface area contributed by atoms with Crippen molar-refractivity contribution >= 4 is 5.78 Å². The van der Waals surface area contributed by atoms with Gasteiger partial charge in [0.15, 0.2) is 5.78 Å². The van der Waals surface area contributed by atoms with Gasteiger partial charge in [-0.15, -0.1) is 5.10 Å². The fourth-order valence-corrected chi connectivity index (χ4v) is 1.53. The second-order valence-electron chi connectivity index (χ2n) is 3.88. The molecule has 102 valence electrons. The van der Waals surface area contributed by atoms with Crippen molar-refractivity contribution < 1.29 is 18.0 Å². The number of Topliss-reactive ketones (excluding diaryl/α,β-unsaturated/α-hetero) is 1. The van der Waals surface area contributed by atoms with Gasteiger partial charge < -0.3 is 0 Å². The molecule has 0 amide bonds. The number of halogens is 3. The number of carbonyl (C=O) groups excluding carboxylic acids is 1. The summed E-state index contributed by atoms with van der Waals surface area (Å²) in [6.45, 7) is -0.282. The zero-order valence-electron chi connectivity index (χ0n) is 9.92. The molecule has 0 aliphatic carbocycles. The molecule has 2 aromatic rings.